The molecule has 1 fully saturated rings. The minimum atomic E-state index is -1.82. The predicted octanol–water partition coefficient (Wildman–Crippen LogP) is -1.49. The number of hydrogen-bond donors (Lipinski definition) is 4. The Bertz CT molecular complexity index is 187. The van der Waals surface area contributed by atoms with Crippen molar-refractivity contribution in [3.63, 3.8) is 0 Å². The fourth-order valence-electron chi connectivity index (χ4n) is 0.882. The molecule has 1 atom stereocenters. The largest absolute Gasteiger partial charge is 0.473 e. The maximum atomic E-state index is 9.10. The van der Waals surface area contributed by atoms with Gasteiger partial charge in [0.15, 0.2) is 0 Å². The minimum Gasteiger partial charge on any atom is -0.473 e. The van der Waals surface area contributed by atoms with Gasteiger partial charge >= 0.3 is 11.9 Å². The molecule has 88 valence electrons. The number of rotatable bonds is 1. The molecule has 1 heterocycles. The molecule has 0 aromatic rings. The zero-order valence-electron chi connectivity index (χ0n) is 8.18. The highest BCUT2D eigenvalue weighted by atomic mass is 16.5. The second-order valence-corrected chi connectivity index (χ2v) is 2.87. The van der Waals surface area contributed by atoms with Gasteiger partial charge in [0.05, 0.1) is 19.3 Å². The number of hydrogen-bond acceptors (Lipinski definition) is 5. The average Bonchev–Trinajstić information content (AvgIpc) is 2.46. The van der Waals surface area contributed by atoms with E-state index in [1.807, 2.05) is 0 Å². The van der Waals surface area contributed by atoms with Crippen LogP contribution in [0.3, 0.4) is 0 Å². The quantitative estimate of drug-likeness (QED) is 0.399. The van der Waals surface area contributed by atoms with Crippen LogP contribution in [0.25, 0.3) is 0 Å². The summed E-state index contributed by atoms with van der Waals surface area (Å²) in [6.45, 7) is 2.62. The number of carboxylic acids is 2. The van der Waals surface area contributed by atoms with E-state index in [0.29, 0.717) is 6.61 Å². The van der Waals surface area contributed by atoms with Gasteiger partial charge in [-0.05, 0) is 13.0 Å². The van der Waals surface area contributed by atoms with Crippen molar-refractivity contribution in [2.24, 2.45) is 0 Å². The molecule has 0 aromatic carbocycles. The molecule has 1 rings (SSSR count). The lowest BCUT2D eigenvalue weighted by molar-refractivity contribution is -0.159. The van der Waals surface area contributed by atoms with E-state index < -0.39 is 11.9 Å². The van der Waals surface area contributed by atoms with Gasteiger partial charge in [-0.1, -0.05) is 0 Å². The lowest BCUT2D eigenvalue weighted by Gasteiger charge is -2.09. The van der Waals surface area contributed by atoms with Crippen LogP contribution in [0, 0.1) is 0 Å². The molecule has 0 radical (unpaired) electrons. The second kappa shape index (κ2) is 8.16. The van der Waals surface area contributed by atoms with Crippen LogP contribution >= 0.6 is 0 Å². The Morgan fingerprint density at radius 2 is 1.93 bits per heavy atom. The van der Waals surface area contributed by atoms with E-state index in [-0.39, 0.29) is 12.6 Å². The predicted molar refractivity (Wildman–Crippen MR) is 49.6 cm³/mol. The summed E-state index contributed by atoms with van der Waals surface area (Å²) in [7, 11) is 0. The first-order valence-electron chi connectivity index (χ1n) is 4.46. The van der Waals surface area contributed by atoms with Crippen molar-refractivity contribution < 1.29 is 29.6 Å². The van der Waals surface area contributed by atoms with Gasteiger partial charge in [-0.15, -0.1) is 0 Å². The normalized spacial score (nSPS) is 20.7. The molecule has 1 aliphatic heterocycles. The van der Waals surface area contributed by atoms with Gasteiger partial charge in [-0.2, -0.15) is 0 Å². The average molecular weight is 221 g/mol. The van der Waals surface area contributed by atoms with Crippen LogP contribution in [0.1, 0.15) is 6.42 Å². The molecule has 0 aromatic heterocycles. The topological polar surface area (TPSA) is 116 Å². The van der Waals surface area contributed by atoms with Crippen molar-refractivity contribution in [3.8, 4) is 0 Å². The minimum absolute atomic E-state index is 0.160. The number of nitrogens with one attached hydrogen (secondary N) is 1. The van der Waals surface area contributed by atoms with E-state index >= 15 is 0 Å². The van der Waals surface area contributed by atoms with Gasteiger partial charge in [0, 0.05) is 6.61 Å². The Morgan fingerprint density at radius 1 is 1.33 bits per heavy atom. The Kier molecular flexibility index (Phi) is 7.51. The molecular formula is C8H15NO6. The van der Waals surface area contributed by atoms with Crippen molar-refractivity contribution in [2.75, 3.05) is 26.4 Å². The zero-order valence-corrected chi connectivity index (χ0v) is 8.18. The number of ether oxygens (including phenoxy) is 1. The Balaban J connectivity index is 0.000000288. The van der Waals surface area contributed by atoms with Crippen molar-refractivity contribution in [1.82, 2.24) is 5.32 Å². The van der Waals surface area contributed by atoms with Crippen LogP contribution in [0.5, 0.6) is 0 Å². The van der Waals surface area contributed by atoms with Gasteiger partial charge in [0.25, 0.3) is 0 Å². The van der Waals surface area contributed by atoms with E-state index in [4.69, 9.17) is 29.6 Å². The summed E-state index contributed by atoms with van der Waals surface area (Å²) in [4.78, 5) is 18.2. The van der Waals surface area contributed by atoms with Crippen molar-refractivity contribution >= 4 is 11.9 Å². The summed E-state index contributed by atoms with van der Waals surface area (Å²) in [6.07, 6.45) is 1.05. The molecule has 7 heteroatoms. The Hall–Kier alpha value is -1.18. The number of aliphatic hydroxyl groups excluding tert-OH is 1. The summed E-state index contributed by atoms with van der Waals surface area (Å²) in [5, 5.41) is 26.6. The van der Waals surface area contributed by atoms with E-state index in [9.17, 15) is 0 Å². The molecule has 0 aliphatic carbocycles. The van der Waals surface area contributed by atoms with Gasteiger partial charge in [0.1, 0.15) is 0 Å². The van der Waals surface area contributed by atoms with E-state index in [1.165, 1.54) is 0 Å². The molecule has 1 saturated heterocycles. The molecule has 4 N–H and O–H groups in total. The summed E-state index contributed by atoms with van der Waals surface area (Å²) < 4.78 is 5.18. The highest BCUT2D eigenvalue weighted by Crippen LogP contribution is 1.92. The highest BCUT2D eigenvalue weighted by molar-refractivity contribution is 6.27. The number of carbonyl (C=O) groups is 2. The number of carboxylic acid groups (broad SMARTS) is 2. The fourth-order valence-corrected chi connectivity index (χ4v) is 0.882. The summed E-state index contributed by atoms with van der Waals surface area (Å²) in [5.74, 6) is -3.65. The third-order valence-electron chi connectivity index (χ3n) is 1.62. The van der Waals surface area contributed by atoms with E-state index in [0.717, 1.165) is 19.6 Å². The smallest absolute Gasteiger partial charge is 0.414 e. The number of aliphatic carboxylic acids is 2. The molecule has 0 amide bonds. The van der Waals surface area contributed by atoms with Crippen LogP contribution in [-0.4, -0.2) is 59.7 Å². The van der Waals surface area contributed by atoms with Crippen molar-refractivity contribution in [3.05, 3.63) is 0 Å². The molecule has 7 nitrogen and oxygen atoms in total. The summed E-state index contributed by atoms with van der Waals surface area (Å²) in [5.41, 5.74) is 0. The molecule has 1 aliphatic rings. The zero-order chi connectivity index (χ0) is 11.7. The standard InChI is InChI=1S/C6H13NO2.C2H2O4/c8-4-6-5-9-3-1-2-7-6;3-1(4)2(5)6/h6-8H,1-5H2;(H,3,4)(H,5,6)/t6-;/m1./s1. The number of aliphatic hydroxyl groups is 1. The monoisotopic (exact) mass is 221 g/mol. The highest BCUT2D eigenvalue weighted by Gasteiger charge is 2.08. The molecule has 0 unspecified atom stereocenters. The third kappa shape index (κ3) is 7.86. The molecule has 0 saturated carbocycles. The van der Waals surface area contributed by atoms with Crippen molar-refractivity contribution in [2.45, 2.75) is 12.5 Å². The van der Waals surface area contributed by atoms with Crippen LogP contribution in [0.15, 0.2) is 0 Å². The fraction of sp³-hybridized carbons (Fsp3) is 0.750. The molecule has 0 bridgehead atoms. The molecule has 0 spiro atoms. The van der Waals surface area contributed by atoms with Crippen LogP contribution < -0.4 is 5.32 Å². The first-order valence-corrected chi connectivity index (χ1v) is 4.46. The summed E-state index contributed by atoms with van der Waals surface area (Å²) >= 11 is 0. The first-order chi connectivity index (χ1) is 7.07. The Labute approximate surface area is 86.7 Å². The van der Waals surface area contributed by atoms with Gasteiger partial charge in [-0.3, -0.25) is 0 Å². The van der Waals surface area contributed by atoms with Crippen LogP contribution in [0.4, 0.5) is 0 Å². The van der Waals surface area contributed by atoms with Crippen LogP contribution in [-0.2, 0) is 14.3 Å². The molecule has 15 heavy (non-hydrogen) atoms. The lowest BCUT2D eigenvalue weighted by Crippen LogP contribution is -2.34. The van der Waals surface area contributed by atoms with E-state index in [2.05, 4.69) is 5.32 Å². The lowest BCUT2D eigenvalue weighted by atomic mass is 10.3. The van der Waals surface area contributed by atoms with Crippen molar-refractivity contribution in [1.29, 1.82) is 0 Å². The van der Waals surface area contributed by atoms with E-state index in [1.54, 1.807) is 0 Å². The van der Waals surface area contributed by atoms with Crippen LogP contribution in [0.2, 0.25) is 0 Å². The Morgan fingerprint density at radius 3 is 2.40 bits per heavy atom. The second-order valence-electron chi connectivity index (χ2n) is 2.87. The summed E-state index contributed by atoms with van der Waals surface area (Å²) in [6, 6.07) is 0.160. The van der Waals surface area contributed by atoms with Gasteiger partial charge in [0.2, 0.25) is 0 Å². The maximum absolute atomic E-state index is 9.10. The first kappa shape index (κ1) is 13.8. The molecular weight excluding hydrogens is 206 g/mol. The van der Waals surface area contributed by atoms with Gasteiger partial charge < -0.3 is 25.4 Å². The third-order valence-corrected chi connectivity index (χ3v) is 1.62. The maximum Gasteiger partial charge on any atom is 0.414 e. The SMILES string of the molecule is O=C(O)C(=O)O.OC[C@@H]1COCCCN1. The van der Waals surface area contributed by atoms with Gasteiger partial charge in [-0.25, -0.2) is 9.59 Å².